The molecular weight excluding hydrogens is 317 g/mol. The van der Waals surface area contributed by atoms with E-state index in [1.54, 1.807) is 20.8 Å². The third kappa shape index (κ3) is 5.55. The summed E-state index contributed by atoms with van der Waals surface area (Å²) in [4.78, 5) is 23.3. The van der Waals surface area contributed by atoms with Crippen LogP contribution in [-0.4, -0.2) is 23.2 Å². The lowest BCUT2D eigenvalue weighted by atomic mass is 10.3. The molecule has 0 saturated carbocycles. The Hall–Kier alpha value is -1.27. The predicted octanol–water partition coefficient (Wildman–Crippen LogP) is 3.87. The van der Waals surface area contributed by atoms with Crippen molar-refractivity contribution in [3.63, 3.8) is 0 Å². The zero-order valence-electron chi connectivity index (χ0n) is 12.2. The molecule has 0 aliphatic heterocycles. The Kier molecular flexibility index (Phi) is 6.48. The summed E-state index contributed by atoms with van der Waals surface area (Å²) in [5, 5.41) is 2.05. The lowest BCUT2D eigenvalue weighted by Crippen LogP contribution is -2.20. The third-order valence-electron chi connectivity index (χ3n) is 2.32. The first-order valence-electron chi connectivity index (χ1n) is 6.34. The number of halogens is 2. The first-order valence-corrected chi connectivity index (χ1v) is 7.60. The molecule has 1 amide bonds. The number of amides is 1. The van der Waals surface area contributed by atoms with Crippen molar-refractivity contribution >= 4 is 40.9 Å². The van der Waals surface area contributed by atoms with Crippen LogP contribution in [0.3, 0.4) is 0 Å². The van der Waals surface area contributed by atoms with Gasteiger partial charge < -0.3 is 10.1 Å². The summed E-state index contributed by atoms with van der Waals surface area (Å²) in [7, 11) is 0. The number of rotatable bonds is 5. The lowest BCUT2D eigenvalue weighted by Gasteiger charge is -2.15. The molecule has 21 heavy (non-hydrogen) atoms. The van der Waals surface area contributed by atoms with Crippen LogP contribution in [0.1, 0.15) is 27.7 Å². The summed E-state index contributed by atoms with van der Waals surface area (Å²) in [6.45, 7) is 6.47. The number of esters is 1. The minimum absolute atomic E-state index is 0.0267. The number of hydrogen-bond donors (Lipinski definition) is 1. The van der Waals surface area contributed by atoms with Gasteiger partial charge >= 0.3 is 5.97 Å². The smallest absolute Gasteiger partial charge is 0.319 e. The molecule has 4 nitrogen and oxygen atoms in total. The summed E-state index contributed by atoms with van der Waals surface area (Å²) >= 11 is 7.11. The van der Waals surface area contributed by atoms with E-state index in [-0.39, 0.29) is 28.7 Å². The molecule has 0 radical (unpaired) electrons. The van der Waals surface area contributed by atoms with Crippen LogP contribution in [0.4, 0.5) is 10.1 Å². The fraction of sp³-hybridized carbons (Fsp3) is 0.429. The number of hydrogen-bond acceptors (Lipinski definition) is 4. The summed E-state index contributed by atoms with van der Waals surface area (Å²) in [5.41, 5.74) is 0.0267. The number of carbonyl (C=O) groups is 2. The van der Waals surface area contributed by atoms with Crippen molar-refractivity contribution < 1.29 is 18.7 Å². The van der Waals surface area contributed by atoms with Gasteiger partial charge in [-0.15, -0.1) is 11.8 Å². The third-order valence-corrected chi connectivity index (χ3v) is 3.88. The molecule has 0 spiro atoms. The fourth-order valence-corrected chi connectivity index (χ4v) is 2.65. The largest absolute Gasteiger partial charge is 0.462 e. The van der Waals surface area contributed by atoms with Gasteiger partial charge in [0.05, 0.1) is 16.8 Å². The number of anilines is 1. The second-order valence-electron chi connectivity index (χ2n) is 4.69. The molecule has 0 fully saturated rings. The molecule has 0 bridgehead atoms. The van der Waals surface area contributed by atoms with Gasteiger partial charge in [0.15, 0.2) is 0 Å². The van der Waals surface area contributed by atoms with E-state index in [0.717, 1.165) is 17.8 Å². The van der Waals surface area contributed by atoms with E-state index in [1.165, 1.54) is 13.0 Å². The van der Waals surface area contributed by atoms with Crippen molar-refractivity contribution in [2.24, 2.45) is 0 Å². The van der Waals surface area contributed by atoms with E-state index in [9.17, 15) is 14.0 Å². The number of nitrogens with one attached hydrogen (secondary N) is 1. The Labute approximate surface area is 132 Å². The van der Waals surface area contributed by atoms with Crippen LogP contribution in [0.5, 0.6) is 0 Å². The van der Waals surface area contributed by atoms with Crippen LogP contribution in [0.25, 0.3) is 0 Å². The van der Waals surface area contributed by atoms with Gasteiger partial charge in [-0.3, -0.25) is 9.59 Å². The molecule has 1 aromatic rings. The van der Waals surface area contributed by atoms with Gasteiger partial charge in [0.2, 0.25) is 5.91 Å². The highest BCUT2D eigenvalue weighted by Gasteiger charge is 2.20. The predicted molar refractivity (Wildman–Crippen MR) is 82.3 cm³/mol. The molecule has 0 saturated heterocycles. The maximum atomic E-state index is 13.7. The Morgan fingerprint density at radius 3 is 2.48 bits per heavy atom. The second-order valence-corrected chi connectivity index (χ2v) is 6.48. The molecule has 0 heterocycles. The maximum absolute atomic E-state index is 13.7. The van der Waals surface area contributed by atoms with Gasteiger partial charge in [-0.05, 0) is 32.9 Å². The van der Waals surface area contributed by atoms with Crippen molar-refractivity contribution in [1.29, 1.82) is 0 Å². The molecule has 0 aliphatic rings. The van der Waals surface area contributed by atoms with Gasteiger partial charge in [0, 0.05) is 11.8 Å². The summed E-state index contributed by atoms with van der Waals surface area (Å²) in [5.74, 6) is -1.40. The summed E-state index contributed by atoms with van der Waals surface area (Å²) in [6.07, 6.45) is -0.209. The Bertz CT molecular complexity index is 551. The molecule has 7 heteroatoms. The van der Waals surface area contributed by atoms with Crippen LogP contribution < -0.4 is 5.32 Å². The first-order chi connectivity index (χ1) is 9.70. The van der Waals surface area contributed by atoms with Crippen molar-refractivity contribution in [1.82, 2.24) is 0 Å². The topological polar surface area (TPSA) is 55.4 Å². The van der Waals surface area contributed by atoms with Gasteiger partial charge in [0.25, 0.3) is 0 Å². The standard InChI is InChI=1S/C14H17ClFNO3S/c1-7(2)20-14(19)8(3)21-13-6-12(17-9(4)18)11(16)5-10(13)15/h5-8H,1-4H3,(H,17,18). The van der Waals surface area contributed by atoms with Crippen LogP contribution >= 0.6 is 23.4 Å². The highest BCUT2D eigenvalue weighted by molar-refractivity contribution is 8.00. The number of benzene rings is 1. The minimum atomic E-state index is -0.628. The summed E-state index contributed by atoms with van der Waals surface area (Å²) in [6, 6.07) is 2.51. The normalized spacial score (nSPS) is 12.1. The average Bonchev–Trinajstić information content (AvgIpc) is 2.33. The fourth-order valence-electron chi connectivity index (χ4n) is 1.47. The van der Waals surface area contributed by atoms with E-state index in [1.807, 2.05) is 0 Å². The average molecular weight is 334 g/mol. The van der Waals surface area contributed by atoms with Gasteiger partial charge in [0.1, 0.15) is 11.1 Å². The van der Waals surface area contributed by atoms with E-state index in [2.05, 4.69) is 5.32 Å². The molecular formula is C14H17ClFNO3S. The van der Waals surface area contributed by atoms with Crippen molar-refractivity contribution in [2.45, 2.75) is 43.9 Å². The number of ether oxygens (including phenoxy) is 1. The Morgan fingerprint density at radius 2 is 1.95 bits per heavy atom. The molecule has 1 rings (SSSR count). The Morgan fingerprint density at radius 1 is 1.33 bits per heavy atom. The van der Waals surface area contributed by atoms with Crippen molar-refractivity contribution in [2.75, 3.05) is 5.32 Å². The first kappa shape index (κ1) is 17.8. The SMILES string of the molecule is CC(=O)Nc1cc(SC(C)C(=O)OC(C)C)c(Cl)cc1F. The molecule has 1 unspecified atom stereocenters. The number of thioether (sulfide) groups is 1. The van der Waals surface area contributed by atoms with Crippen molar-refractivity contribution in [3.05, 3.63) is 23.0 Å². The van der Waals surface area contributed by atoms with Crippen LogP contribution in [0.15, 0.2) is 17.0 Å². The van der Waals surface area contributed by atoms with Gasteiger partial charge in [-0.2, -0.15) is 0 Å². The van der Waals surface area contributed by atoms with Crippen LogP contribution in [-0.2, 0) is 14.3 Å². The minimum Gasteiger partial charge on any atom is -0.462 e. The van der Waals surface area contributed by atoms with E-state index in [4.69, 9.17) is 16.3 Å². The number of carbonyl (C=O) groups excluding carboxylic acids is 2. The highest BCUT2D eigenvalue weighted by Crippen LogP contribution is 2.34. The van der Waals surface area contributed by atoms with Crippen LogP contribution in [0.2, 0.25) is 5.02 Å². The van der Waals surface area contributed by atoms with Gasteiger partial charge in [-0.25, -0.2) is 4.39 Å². The zero-order chi connectivity index (χ0) is 16.2. The maximum Gasteiger partial charge on any atom is 0.319 e. The van der Waals surface area contributed by atoms with Crippen molar-refractivity contribution in [3.8, 4) is 0 Å². The second kappa shape index (κ2) is 7.66. The van der Waals surface area contributed by atoms with E-state index < -0.39 is 11.1 Å². The molecule has 1 aromatic carbocycles. The van der Waals surface area contributed by atoms with E-state index in [0.29, 0.717) is 4.90 Å². The molecule has 116 valence electrons. The molecule has 1 N–H and O–H groups in total. The summed E-state index contributed by atoms with van der Waals surface area (Å²) < 4.78 is 18.8. The van der Waals surface area contributed by atoms with Crippen LogP contribution in [0, 0.1) is 5.82 Å². The molecule has 1 atom stereocenters. The van der Waals surface area contributed by atoms with Gasteiger partial charge in [-0.1, -0.05) is 11.6 Å². The lowest BCUT2D eigenvalue weighted by molar-refractivity contribution is -0.146. The Balaban J connectivity index is 2.92. The monoisotopic (exact) mass is 333 g/mol. The molecule has 0 aromatic heterocycles. The quantitative estimate of drug-likeness (QED) is 0.656. The molecule has 0 aliphatic carbocycles. The zero-order valence-corrected chi connectivity index (χ0v) is 13.8. The van der Waals surface area contributed by atoms with E-state index >= 15 is 0 Å². The highest BCUT2D eigenvalue weighted by atomic mass is 35.5.